The predicted octanol–water partition coefficient (Wildman–Crippen LogP) is 4.13. The van der Waals surface area contributed by atoms with E-state index in [0.717, 1.165) is 17.6 Å². The summed E-state index contributed by atoms with van der Waals surface area (Å²) in [4.78, 5) is 2.32. The summed E-state index contributed by atoms with van der Waals surface area (Å²) >= 11 is 3.68. The van der Waals surface area contributed by atoms with Gasteiger partial charge in [-0.1, -0.05) is 18.2 Å². The number of hydrogen-bond donors (Lipinski definition) is 1. The number of benzene rings is 1. The first kappa shape index (κ1) is 15.3. The van der Waals surface area contributed by atoms with E-state index in [9.17, 15) is 0 Å². The standard InChI is InChI=1S/C15H23BrN2/c1-6-18(10-11(2)3)15-8-7-13(9-14(15)16)12(4)17-5/h7-9,12,17H,2,6,10H2,1,3-5H3. The second kappa shape index (κ2) is 6.95. The van der Waals surface area contributed by atoms with E-state index in [-0.39, 0.29) is 0 Å². The minimum atomic E-state index is 0.367. The van der Waals surface area contributed by atoms with Crippen LogP contribution in [0.1, 0.15) is 32.4 Å². The molecule has 0 aliphatic heterocycles. The highest BCUT2D eigenvalue weighted by Gasteiger charge is 2.11. The molecule has 0 heterocycles. The molecule has 1 aromatic rings. The van der Waals surface area contributed by atoms with Gasteiger partial charge in [0.15, 0.2) is 0 Å². The summed E-state index contributed by atoms with van der Waals surface area (Å²) in [5, 5.41) is 3.25. The summed E-state index contributed by atoms with van der Waals surface area (Å²) in [7, 11) is 1.98. The van der Waals surface area contributed by atoms with E-state index in [1.807, 2.05) is 7.05 Å². The molecule has 0 fully saturated rings. The minimum absolute atomic E-state index is 0.367. The Labute approximate surface area is 119 Å². The Balaban J connectivity index is 2.99. The summed E-state index contributed by atoms with van der Waals surface area (Å²) in [5.41, 5.74) is 3.70. The molecule has 1 unspecified atom stereocenters. The van der Waals surface area contributed by atoms with Crippen molar-refractivity contribution in [3.63, 3.8) is 0 Å². The van der Waals surface area contributed by atoms with Crippen LogP contribution < -0.4 is 10.2 Å². The molecule has 18 heavy (non-hydrogen) atoms. The average molecular weight is 311 g/mol. The van der Waals surface area contributed by atoms with E-state index < -0.39 is 0 Å². The first-order valence-corrected chi connectivity index (χ1v) is 7.14. The van der Waals surface area contributed by atoms with Crippen molar-refractivity contribution in [3.05, 3.63) is 40.4 Å². The average Bonchev–Trinajstić information content (AvgIpc) is 2.35. The van der Waals surface area contributed by atoms with Crippen LogP contribution in [-0.4, -0.2) is 20.1 Å². The number of hydrogen-bond acceptors (Lipinski definition) is 2. The highest BCUT2D eigenvalue weighted by molar-refractivity contribution is 9.10. The molecule has 0 bridgehead atoms. The zero-order valence-electron chi connectivity index (χ0n) is 11.8. The largest absolute Gasteiger partial charge is 0.367 e. The second-order valence-corrected chi connectivity index (χ2v) is 5.55. The lowest BCUT2D eigenvalue weighted by Gasteiger charge is -2.25. The van der Waals surface area contributed by atoms with E-state index in [1.54, 1.807) is 0 Å². The monoisotopic (exact) mass is 310 g/mol. The third kappa shape index (κ3) is 3.85. The van der Waals surface area contributed by atoms with Crippen LogP contribution in [0.4, 0.5) is 5.69 Å². The van der Waals surface area contributed by atoms with Crippen molar-refractivity contribution in [1.82, 2.24) is 5.32 Å². The van der Waals surface area contributed by atoms with Gasteiger partial charge in [-0.3, -0.25) is 0 Å². The maximum Gasteiger partial charge on any atom is 0.0513 e. The Bertz CT molecular complexity index is 415. The van der Waals surface area contributed by atoms with Crippen molar-refractivity contribution in [2.45, 2.75) is 26.8 Å². The van der Waals surface area contributed by atoms with Crippen LogP contribution in [0.15, 0.2) is 34.8 Å². The molecule has 1 rings (SSSR count). The van der Waals surface area contributed by atoms with E-state index in [1.165, 1.54) is 16.8 Å². The van der Waals surface area contributed by atoms with Gasteiger partial charge in [0.1, 0.15) is 0 Å². The quantitative estimate of drug-likeness (QED) is 0.795. The molecule has 0 aliphatic carbocycles. The van der Waals surface area contributed by atoms with Crippen LogP contribution in [0.2, 0.25) is 0 Å². The van der Waals surface area contributed by atoms with Crippen LogP contribution in [0.3, 0.4) is 0 Å². The van der Waals surface area contributed by atoms with Crippen molar-refractivity contribution >= 4 is 21.6 Å². The molecular formula is C15H23BrN2. The summed E-state index contributed by atoms with van der Waals surface area (Å²) in [6.45, 7) is 12.3. The zero-order chi connectivity index (χ0) is 13.7. The van der Waals surface area contributed by atoms with Gasteiger partial charge in [-0.25, -0.2) is 0 Å². The molecule has 3 heteroatoms. The number of nitrogens with zero attached hydrogens (tertiary/aromatic N) is 1. The lowest BCUT2D eigenvalue weighted by molar-refractivity contribution is 0.652. The Kier molecular flexibility index (Phi) is 5.89. The number of anilines is 1. The van der Waals surface area contributed by atoms with E-state index in [4.69, 9.17) is 0 Å². The van der Waals surface area contributed by atoms with Gasteiger partial charge in [0.2, 0.25) is 0 Å². The van der Waals surface area contributed by atoms with Crippen LogP contribution in [0.25, 0.3) is 0 Å². The van der Waals surface area contributed by atoms with Crippen LogP contribution in [-0.2, 0) is 0 Å². The number of likely N-dealkylation sites (N-methyl/N-ethyl adjacent to an activating group) is 1. The smallest absolute Gasteiger partial charge is 0.0513 e. The minimum Gasteiger partial charge on any atom is -0.367 e. The first-order chi connectivity index (χ1) is 8.49. The van der Waals surface area contributed by atoms with E-state index in [2.05, 4.69) is 71.7 Å². The predicted molar refractivity (Wildman–Crippen MR) is 84.3 cm³/mol. The third-order valence-electron chi connectivity index (χ3n) is 3.09. The van der Waals surface area contributed by atoms with Crippen molar-refractivity contribution < 1.29 is 0 Å². The van der Waals surface area contributed by atoms with Crippen LogP contribution in [0, 0.1) is 0 Å². The Hall–Kier alpha value is -0.800. The number of nitrogens with one attached hydrogen (secondary N) is 1. The van der Waals surface area contributed by atoms with Crippen molar-refractivity contribution in [1.29, 1.82) is 0 Å². The van der Waals surface area contributed by atoms with Gasteiger partial charge >= 0.3 is 0 Å². The van der Waals surface area contributed by atoms with Gasteiger partial charge in [-0.05, 0) is 61.4 Å². The van der Waals surface area contributed by atoms with Crippen molar-refractivity contribution in [2.75, 3.05) is 25.0 Å². The molecule has 1 aromatic carbocycles. The summed E-state index contributed by atoms with van der Waals surface area (Å²) in [5.74, 6) is 0. The maximum absolute atomic E-state index is 3.99. The summed E-state index contributed by atoms with van der Waals surface area (Å²) < 4.78 is 1.14. The van der Waals surface area contributed by atoms with Gasteiger partial charge in [0.05, 0.1) is 5.69 Å². The summed E-state index contributed by atoms with van der Waals surface area (Å²) in [6.07, 6.45) is 0. The fraction of sp³-hybridized carbons (Fsp3) is 0.467. The summed E-state index contributed by atoms with van der Waals surface area (Å²) in [6, 6.07) is 6.92. The molecule has 1 atom stereocenters. The molecule has 0 saturated carbocycles. The second-order valence-electron chi connectivity index (χ2n) is 4.69. The molecule has 1 N–H and O–H groups in total. The van der Waals surface area contributed by atoms with Crippen molar-refractivity contribution in [3.8, 4) is 0 Å². The van der Waals surface area contributed by atoms with Gasteiger partial charge < -0.3 is 10.2 Å². The lowest BCUT2D eigenvalue weighted by Crippen LogP contribution is -2.25. The molecule has 100 valence electrons. The highest BCUT2D eigenvalue weighted by atomic mass is 79.9. The third-order valence-corrected chi connectivity index (χ3v) is 3.72. The van der Waals surface area contributed by atoms with E-state index in [0.29, 0.717) is 6.04 Å². The Morgan fingerprint density at radius 2 is 2.17 bits per heavy atom. The molecule has 0 radical (unpaired) electrons. The van der Waals surface area contributed by atoms with Crippen molar-refractivity contribution in [2.24, 2.45) is 0 Å². The Morgan fingerprint density at radius 3 is 2.61 bits per heavy atom. The lowest BCUT2D eigenvalue weighted by atomic mass is 10.1. The first-order valence-electron chi connectivity index (χ1n) is 6.35. The molecule has 2 nitrogen and oxygen atoms in total. The van der Waals surface area contributed by atoms with Gasteiger partial charge in [-0.15, -0.1) is 0 Å². The highest BCUT2D eigenvalue weighted by Crippen LogP contribution is 2.29. The maximum atomic E-state index is 3.99. The number of halogens is 1. The fourth-order valence-corrected chi connectivity index (χ4v) is 2.56. The topological polar surface area (TPSA) is 15.3 Å². The normalized spacial score (nSPS) is 12.3. The van der Waals surface area contributed by atoms with Gasteiger partial charge in [0.25, 0.3) is 0 Å². The molecule has 0 aliphatic rings. The fourth-order valence-electron chi connectivity index (χ4n) is 1.91. The molecule has 0 aromatic heterocycles. The SMILES string of the molecule is C=C(C)CN(CC)c1ccc(C(C)NC)cc1Br. The van der Waals surface area contributed by atoms with Crippen LogP contribution >= 0.6 is 15.9 Å². The van der Waals surface area contributed by atoms with Gasteiger partial charge in [0, 0.05) is 23.6 Å². The number of rotatable bonds is 6. The molecular weight excluding hydrogens is 288 g/mol. The molecule has 0 amide bonds. The molecule has 0 spiro atoms. The Morgan fingerprint density at radius 1 is 1.50 bits per heavy atom. The molecule has 0 saturated heterocycles. The van der Waals surface area contributed by atoms with E-state index >= 15 is 0 Å². The zero-order valence-corrected chi connectivity index (χ0v) is 13.3. The van der Waals surface area contributed by atoms with Crippen LogP contribution in [0.5, 0.6) is 0 Å². The van der Waals surface area contributed by atoms with Gasteiger partial charge in [-0.2, -0.15) is 0 Å².